The molecule has 1 atom stereocenters. The molecule has 19 heavy (non-hydrogen) atoms. The lowest BCUT2D eigenvalue weighted by Crippen LogP contribution is -2.32. The van der Waals surface area contributed by atoms with E-state index in [1.807, 2.05) is 0 Å². The normalized spacial score (nSPS) is 23.2. The number of likely N-dealkylation sites (tertiary alicyclic amines) is 1. The molecule has 3 heterocycles. The first kappa shape index (κ1) is 12.4. The fraction of sp³-hybridized carbons (Fsp3) is 0.500. The van der Waals surface area contributed by atoms with Crippen LogP contribution in [0.4, 0.5) is 8.78 Å². The van der Waals surface area contributed by atoms with Gasteiger partial charge in [0.25, 0.3) is 5.92 Å². The summed E-state index contributed by atoms with van der Waals surface area (Å²) < 4.78 is 26.8. The molecular weight excluding hydrogens is 254 g/mol. The second-order valence-electron chi connectivity index (χ2n) is 4.87. The third kappa shape index (κ3) is 2.31. The van der Waals surface area contributed by atoms with Gasteiger partial charge >= 0.3 is 0 Å². The molecule has 2 N–H and O–H groups in total. The van der Waals surface area contributed by atoms with E-state index in [4.69, 9.17) is 0 Å². The van der Waals surface area contributed by atoms with Crippen LogP contribution in [0.5, 0.6) is 0 Å². The van der Waals surface area contributed by atoms with E-state index in [1.165, 1.54) is 0 Å². The van der Waals surface area contributed by atoms with Gasteiger partial charge in [0.15, 0.2) is 5.65 Å². The second kappa shape index (κ2) is 4.50. The highest BCUT2D eigenvalue weighted by Crippen LogP contribution is 2.33. The minimum atomic E-state index is -2.73. The van der Waals surface area contributed by atoms with Gasteiger partial charge in [0, 0.05) is 43.2 Å². The fourth-order valence-corrected chi connectivity index (χ4v) is 2.57. The predicted molar refractivity (Wildman–Crippen MR) is 64.7 cm³/mol. The summed E-state index contributed by atoms with van der Waals surface area (Å²) in [6, 6.07) is -0.503. The van der Waals surface area contributed by atoms with Crippen molar-refractivity contribution >= 4 is 11.2 Å². The zero-order chi connectivity index (χ0) is 13.5. The molecule has 0 bridgehead atoms. The SMILES string of the molecule is OCC1CC(F)(F)CN1Cc1c[nH]c2nccnc12. The van der Waals surface area contributed by atoms with Gasteiger partial charge in [-0.05, 0) is 0 Å². The van der Waals surface area contributed by atoms with E-state index in [1.54, 1.807) is 23.5 Å². The molecule has 102 valence electrons. The summed E-state index contributed by atoms with van der Waals surface area (Å²) in [5.41, 5.74) is 2.15. The number of halogens is 2. The van der Waals surface area contributed by atoms with Crippen LogP contribution in [0.1, 0.15) is 12.0 Å². The van der Waals surface area contributed by atoms with Crippen molar-refractivity contribution in [1.29, 1.82) is 0 Å². The van der Waals surface area contributed by atoms with Crippen molar-refractivity contribution in [2.24, 2.45) is 0 Å². The van der Waals surface area contributed by atoms with Crippen molar-refractivity contribution in [2.45, 2.75) is 24.9 Å². The number of hydrogen-bond acceptors (Lipinski definition) is 4. The second-order valence-corrected chi connectivity index (χ2v) is 4.87. The highest BCUT2D eigenvalue weighted by Gasteiger charge is 2.44. The van der Waals surface area contributed by atoms with Gasteiger partial charge in [-0.1, -0.05) is 0 Å². The lowest BCUT2D eigenvalue weighted by atomic mass is 10.2. The number of rotatable bonds is 3. The molecule has 0 radical (unpaired) electrons. The van der Waals surface area contributed by atoms with Gasteiger partial charge in [-0.2, -0.15) is 0 Å². The predicted octanol–water partition coefficient (Wildman–Crippen LogP) is 1.16. The van der Waals surface area contributed by atoms with Crippen molar-refractivity contribution in [3.8, 4) is 0 Å². The lowest BCUT2D eigenvalue weighted by Gasteiger charge is -2.21. The number of hydrogen-bond donors (Lipinski definition) is 2. The Hall–Kier alpha value is -1.60. The molecule has 1 aliphatic rings. The van der Waals surface area contributed by atoms with E-state index in [-0.39, 0.29) is 19.6 Å². The summed E-state index contributed by atoms with van der Waals surface area (Å²) in [5, 5.41) is 9.20. The van der Waals surface area contributed by atoms with Crippen LogP contribution in [0.3, 0.4) is 0 Å². The first-order valence-electron chi connectivity index (χ1n) is 6.09. The smallest absolute Gasteiger partial charge is 0.262 e. The molecule has 1 unspecified atom stereocenters. The standard InChI is InChI=1S/C12H14F2N4O/c13-12(14)3-9(6-19)18(7-12)5-8-4-17-11-10(8)15-1-2-16-11/h1-2,4,9,19H,3,5-7H2,(H,16,17). The van der Waals surface area contributed by atoms with Crippen LogP contribution in [0.15, 0.2) is 18.6 Å². The van der Waals surface area contributed by atoms with Crippen LogP contribution in [-0.4, -0.2) is 50.1 Å². The highest BCUT2D eigenvalue weighted by atomic mass is 19.3. The lowest BCUT2D eigenvalue weighted by molar-refractivity contribution is 0.0112. The quantitative estimate of drug-likeness (QED) is 0.876. The number of aliphatic hydroxyl groups is 1. The minimum absolute atomic E-state index is 0.260. The Morgan fingerprint density at radius 2 is 2.21 bits per heavy atom. The summed E-state index contributed by atoms with van der Waals surface area (Å²) in [4.78, 5) is 12.9. The van der Waals surface area contributed by atoms with Gasteiger partial charge in [0.2, 0.25) is 0 Å². The number of aromatic amines is 1. The van der Waals surface area contributed by atoms with Crippen LogP contribution in [0, 0.1) is 0 Å². The molecule has 3 rings (SSSR count). The molecular formula is C12H14F2N4O. The molecule has 0 amide bonds. The molecule has 1 fully saturated rings. The van der Waals surface area contributed by atoms with E-state index in [9.17, 15) is 13.9 Å². The average Bonchev–Trinajstić information content (AvgIpc) is 2.91. The Bertz CT molecular complexity index is 586. The maximum absolute atomic E-state index is 13.4. The Labute approximate surface area is 108 Å². The molecule has 2 aromatic heterocycles. The summed E-state index contributed by atoms with van der Waals surface area (Å²) in [5.74, 6) is -2.73. The monoisotopic (exact) mass is 268 g/mol. The van der Waals surface area contributed by atoms with Crippen molar-refractivity contribution in [1.82, 2.24) is 19.9 Å². The zero-order valence-corrected chi connectivity index (χ0v) is 10.2. The zero-order valence-electron chi connectivity index (χ0n) is 10.2. The minimum Gasteiger partial charge on any atom is -0.395 e. The maximum atomic E-state index is 13.4. The first-order valence-corrected chi connectivity index (χ1v) is 6.09. The largest absolute Gasteiger partial charge is 0.395 e. The van der Waals surface area contributed by atoms with Crippen LogP contribution in [0.25, 0.3) is 11.2 Å². The van der Waals surface area contributed by atoms with Gasteiger partial charge in [-0.15, -0.1) is 0 Å². The molecule has 7 heteroatoms. The Morgan fingerprint density at radius 3 is 3.00 bits per heavy atom. The van der Waals surface area contributed by atoms with E-state index in [0.717, 1.165) is 5.56 Å². The van der Waals surface area contributed by atoms with Crippen LogP contribution in [0.2, 0.25) is 0 Å². The number of aliphatic hydroxyl groups excluding tert-OH is 1. The fourth-order valence-electron chi connectivity index (χ4n) is 2.57. The van der Waals surface area contributed by atoms with E-state index < -0.39 is 12.0 Å². The molecule has 2 aromatic rings. The first-order chi connectivity index (χ1) is 9.09. The number of nitrogens with zero attached hydrogens (tertiary/aromatic N) is 3. The number of alkyl halides is 2. The molecule has 0 aromatic carbocycles. The van der Waals surface area contributed by atoms with Crippen molar-refractivity contribution in [3.05, 3.63) is 24.2 Å². The number of nitrogens with one attached hydrogen (secondary N) is 1. The third-order valence-electron chi connectivity index (χ3n) is 3.45. The van der Waals surface area contributed by atoms with Crippen LogP contribution >= 0.6 is 0 Å². The number of aromatic nitrogens is 3. The Kier molecular flexibility index (Phi) is 2.94. The Morgan fingerprint density at radius 1 is 1.42 bits per heavy atom. The topological polar surface area (TPSA) is 65.0 Å². The average molecular weight is 268 g/mol. The third-order valence-corrected chi connectivity index (χ3v) is 3.45. The van der Waals surface area contributed by atoms with E-state index >= 15 is 0 Å². The molecule has 0 aliphatic carbocycles. The van der Waals surface area contributed by atoms with Crippen molar-refractivity contribution in [3.63, 3.8) is 0 Å². The highest BCUT2D eigenvalue weighted by molar-refractivity contribution is 5.74. The summed E-state index contributed by atoms with van der Waals surface area (Å²) in [7, 11) is 0. The number of fused-ring (bicyclic) bond motifs is 1. The number of H-pyrrole nitrogens is 1. The van der Waals surface area contributed by atoms with Crippen LogP contribution in [-0.2, 0) is 6.54 Å². The Balaban J connectivity index is 1.85. The maximum Gasteiger partial charge on any atom is 0.262 e. The summed E-state index contributed by atoms with van der Waals surface area (Å²) >= 11 is 0. The van der Waals surface area contributed by atoms with E-state index in [2.05, 4.69) is 15.0 Å². The van der Waals surface area contributed by atoms with E-state index in [0.29, 0.717) is 17.7 Å². The summed E-state index contributed by atoms with van der Waals surface area (Å²) in [6.45, 7) is -0.256. The van der Waals surface area contributed by atoms with Crippen molar-refractivity contribution in [2.75, 3.05) is 13.2 Å². The van der Waals surface area contributed by atoms with Crippen molar-refractivity contribution < 1.29 is 13.9 Å². The molecule has 0 spiro atoms. The van der Waals surface area contributed by atoms with Gasteiger partial charge in [-0.25, -0.2) is 13.8 Å². The van der Waals surface area contributed by atoms with Gasteiger partial charge in [0.05, 0.1) is 13.2 Å². The van der Waals surface area contributed by atoms with Gasteiger partial charge in [-0.3, -0.25) is 9.88 Å². The molecule has 1 aliphatic heterocycles. The molecule has 0 saturated carbocycles. The molecule has 1 saturated heterocycles. The van der Waals surface area contributed by atoms with Crippen LogP contribution < -0.4 is 0 Å². The van der Waals surface area contributed by atoms with Gasteiger partial charge < -0.3 is 10.1 Å². The van der Waals surface area contributed by atoms with Gasteiger partial charge in [0.1, 0.15) is 5.52 Å². The summed E-state index contributed by atoms with van der Waals surface area (Å²) in [6.07, 6.45) is 4.58. The molecule has 5 nitrogen and oxygen atoms in total.